The molecule has 3 nitrogen and oxygen atoms in total. The molecule has 309 valence electrons. The number of aliphatic hydroxyl groups excluding tert-OH is 1. The topological polar surface area (TPSA) is 50.2 Å². The molecule has 0 aliphatic carbocycles. The Morgan fingerprint density at radius 2 is 1.33 bits per heavy atom. The van der Waals surface area contributed by atoms with Gasteiger partial charge in [-0.25, -0.2) is 0 Å². The van der Waals surface area contributed by atoms with Crippen LogP contribution in [-0.4, -0.2) is 22.1 Å². The number of pyridine rings is 1. The quantitative estimate of drug-likeness (QED) is 0.0586. The first kappa shape index (κ1) is 47.6. The molecule has 57 heavy (non-hydrogen) atoms. The Balaban J connectivity index is 0.000000464. The number of hydrogen-bond acceptors (Lipinski definition) is 4. The molecule has 11 heteroatoms. The summed E-state index contributed by atoms with van der Waals surface area (Å²) in [7, 11) is 0. The maximum absolute atomic E-state index is 14.4. The zero-order valence-corrected chi connectivity index (χ0v) is 36.7. The number of alkyl halides is 6. The van der Waals surface area contributed by atoms with Gasteiger partial charge in [0.05, 0.1) is 16.7 Å². The molecular formula is C46H50F6IrNO2S-. The molecule has 3 aromatic carbocycles. The van der Waals surface area contributed by atoms with E-state index in [0.717, 1.165) is 59.3 Å². The zero-order chi connectivity index (χ0) is 41.6. The van der Waals surface area contributed by atoms with Crippen molar-refractivity contribution >= 4 is 27.2 Å². The number of hydrogen-bond donors (Lipinski definition) is 1. The number of halogens is 6. The molecule has 0 aliphatic heterocycles. The van der Waals surface area contributed by atoms with Crippen LogP contribution >= 0.6 is 11.3 Å². The van der Waals surface area contributed by atoms with Crippen molar-refractivity contribution in [2.24, 2.45) is 17.3 Å². The van der Waals surface area contributed by atoms with Gasteiger partial charge >= 0.3 is 12.4 Å². The van der Waals surface area contributed by atoms with E-state index < -0.39 is 23.3 Å². The Labute approximate surface area is 350 Å². The summed E-state index contributed by atoms with van der Waals surface area (Å²) in [5.74, 6) is 0.547. The number of fused-ring (bicyclic) bond motifs is 1. The molecule has 0 fully saturated rings. The minimum atomic E-state index is -4.59. The molecule has 0 unspecified atom stereocenters. The molecule has 0 spiro atoms. The third kappa shape index (κ3) is 11.7. The third-order valence-electron chi connectivity index (χ3n) is 10.2. The van der Waals surface area contributed by atoms with Crippen LogP contribution in [0.4, 0.5) is 26.3 Å². The molecule has 0 saturated heterocycles. The van der Waals surface area contributed by atoms with Crippen LogP contribution in [0.25, 0.3) is 42.9 Å². The number of benzene rings is 3. The minimum absolute atomic E-state index is 0. The van der Waals surface area contributed by atoms with Crippen molar-refractivity contribution in [1.29, 1.82) is 0 Å². The van der Waals surface area contributed by atoms with Crippen molar-refractivity contribution < 1.29 is 56.3 Å². The summed E-state index contributed by atoms with van der Waals surface area (Å²) < 4.78 is 83.6. The molecule has 2 aromatic heterocycles. The fraction of sp³-hybridized carbons (Fsp3) is 0.391. The van der Waals surface area contributed by atoms with E-state index in [4.69, 9.17) is 0 Å². The van der Waals surface area contributed by atoms with Crippen LogP contribution < -0.4 is 0 Å². The Morgan fingerprint density at radius 3 is 1.82 bits per heavy atom. The van der Waals surface area contributed by atoms with Gasteiger partial charge in [-0.15, -0.1) is 46.2 Å². The normalized spacial score (nSPS) is 12.5. The van der Waals surface area contributed by atoms with Gasteiger partial charge in [0, 0.05) is 59.5 Å². The van der Waals surface area contributed by atoms with Crippen molar-refractivity contribution in [1.82, 2.24) is 4.98 Å². The Hall–Kier alpha value is -3.79. The van der Waals surface area contributed by atoms with Gasteiger partial charge < -0.3 is 10.1 Å². The van der Waals surface area contributed by atoms with Crippen LogP contribution in [0, 0.1) is 37.2 Å². The summed E-state index contributed by atoms with van der Waals surface area (Å²) in [5, 5.41) is 9.85. The van der Waals surface area contributed by atoms with Gasteiger partial charge in [0.2, 0.25) is 0 Å². The Morgan fingerprint density at radius 1 is 0.807 bits per heavy atom. The number of thiophene rings is 1. The van der Waals surface area contributed by atoms with Gasteiger partial charge in [0.15, 0.2) is 5.78 Å². The third-order valence-corrected chi connectivity index (χ3v) is 11.5. The van der Waals surface area contributed by atoms with E-state index in [9.17, 15) is 36.2 Å². The number of carbonyl (C=O) groups is 1. The Kier molecular flexibility index (Phi) is 16.5. The molecule has 2 heterocycles. The van der Waals surface area contributed by atoms with Gasteiger partial charge in [0.25, 0.3) is 0 Å². The summed E-state index contributed by atoms with van der Waals surface area (Å²) in [6.45, 7) is 14.2. The van der Waals surface area contributed by atoms with E-state index in [-0.39, 0.29) is 60.2 Å². The second kappa shape index (κ2) is 19.8. The maximum atomic E-state index is 14.4. The first-order valence-corrected chi connectivity index (χ1v) is 19.8. The maximum Gasteiger partial charge on any atom is 0.418 e. The fourth-order valence-corrected chi connectivity index (χ4v) is 8.07. The second-order valence-corrected chi connectivity index (χ2v) is 15.9. The molecule has 0 atom stereocenters. The predicted molar refractivity (Wildman–Crippen MR) is 217 cm³/mol. The number of aliphatic hydroxyl groups is 1. The summed E-state index contributed by atoms with van der Waals surface area (Å²) in [6.07, 6.45) is -2.76. The minimum Gasteiger partial charge on any atom is -0.512 e. The van der Waals surface area contributed by atoms with Crippen LogP contribution in [-0.2, 0) is 37.5 Å². The van der Waals surface area contributed by atoms with Crippen LogP contribution in [0.3, 0.4) is 0 Å². The largest absolute Gasteiger partial charge is 0.512 e. The van der Waals surface area contributed by atoms with E-state index >= 15 is 0 Å². The van der Waals surface area contributed by atoms with Gasteiger partial charge in [-0.3, -0.25) is 4.79 Å². The van der Waals surface area contributed by atoms with E-state index in [1.807, 2.05) is 53.7 Å². The van der Waals surface area contributed by atoms with E-state index in [1.165, 1.54) is 32.2 Å². The molecule has 0 aliphatic rings. The van der Waals surface area contributed by atoms with E-state index in [2.05, 4.69) is 11.1 Å². The van der Waals surface area contributed by atoms with Gasteiger partial charge in [0.1, 0.15) is 0 Å². The molecular weight excluding hydrogens is 937 g/mol. The van der Waals surface area contributed by atoms with Crippen molar-refractivity contribution in [2.75, 3.05) is 0 Å². The zero-order valence-electron chi connectivity index (χ0n) is 33.5. The number of ketones is 1. The number of allylic oxidation sites excluding steroid dienone is 2. The first-order chi connectivity index (χ1) is 26.2. The number of aromatic nitrogens is 1. The molecule has 1 N–H and O–H groups in total. The number of carbonyl (C=O) groups excluding carboxylic acids is 1. The molecule has 0 amide bonds. The molecule has 1 radical (unpaired) electrons. The monoisotopic (exact) mass is 987 g/mol. The summed E-state index contributed by atoms with van der Waals surface area (Å²) in [4.78, 5) is 16.3. The van der Waals surface area contributed by atoms with Crippen molar-refractivity contribution in [2.45, 2.75) is 99.8 Å². The fourth-order valence-electron chi connectivity index (χ4n) is 6.74. The standard InChI is InChI=1S/C33H26F6NS.C13H24O2.Ir/c1-19-15-20(2)17-25(16-19)28-30-26(13-14-40-28)27(32(34,35)36)29(41-30)24-11-9-23(10-12-24)22-7-5-21(6-8-22)18-31(3,4)33(37,38)39;1-5-10(6-2)12(14)9-13(15)11(7-3)8-4;/h5-16H,18H2,1-4H3;9-11,14H,5-8H2,1-4H3;/q-1;;/b;12-9-;. The van der Waals surface area contributed by atoms with Crippen LogP contribution in [0.5, 0.6) is 0 Å². The summed E-state index contributed by atoms with van der Waals surface area (Å²) in [5.41, 5.74) is 2.87. The molecule has 0 saturated carbocycles. The number of aryl methyl sites for hydroxylation is 2. The average molecular weight is 987 g/mol. The van der Waals surface area contributed by atoms with Gasteiger partial charge in [-0.2, -0.15) is 26.3 Å². The van der Waals surface area contributed by atoms with Crippen LogP contribution in [0.1, 0.15) is 89.5 Å². The second-order valence-electron chi connectivity index (χ2n) is 14.9. The number of nitrogens with zero attached hydrogens (tertiary/aromatic N) is 1. The predicted octanol–water partition coefficient (Wildman–Crippen LogP) is 14.7. The smallest absolute Gasteiger partial charge is 0.418 e. The molecule has 5 aromatic rings. The van der Waals surface area contributed by atoms with Gasteiger partial charge in [-0.1, -0.05) is 104 Å². The SMILES string of the molecule is CCC(CC)C(=O)/C=C(\O)C(CC)CC.Cc1[c-]c(-c2nccc3c(C(F)(F)F)c(-c4ccc(-c5ccc(CC(C)(C)C(F)(F)F)cc5)cc4)sc23)cc(C)c1.[Ir]. The van der Waals surface area contributed by atoms with E-state index in [1.54, 1.807) is 48.5 Å². The van der Waals surface area contributed by atoms with Gasteiger partial charge in [-0.05, 0) is 65.8 Å². The van der Waals surface area contributed by atoms with Crippen LogP contribution in [0.15, 0.2) is 84.8 Å². The summed E-state index contributed by atoms with van der Waals surface area (Å²) in [6, 6.07) is 22.0. The van der Waals surface area contributed by atoms with Crippen LogP contribution in [0.2, 0.25) is 0 Å². The molecule has 0 bridgehead atoms. The molecule has 5 rings (SSSR count). The number of rotatable bonds is 12. The van der Waals surface area contributed by atoms with Crippen molar-refractivity contribution in [3.8, 4) is 32.8 Å². The van der Waals surface area contributed by atoms with E-state index in [0.29, 0.717) is 27.1 Å². The van der Waals surface area contributed by atoms with Crippen molar-refractivity contribution in [3.05, 3.63) is 113 Å². The first-order valence-electron chi connectivity index (χ1n) is 18.9. The average Bonchev–Trinajstić information content (AvgIpc) is 3.53. The Bertz CT molecular complexity index is 2110. The van der Waals surface area contributed by atoms with Crippen molar-refractivity contribution in [3.63, 3.8) is 0 Å². The summed E-state index contributed by atoms with van der Waals surface area (Å²) >= 11 is 1.05.